The number of aromatic nitrogens is 1. The van der Waals surface area contributed by atoms with Crippen LogP contribution in [0, 0.1) is 12.8 Å². The van der Waals surface area contributed by atoms with Gasteiger partial charge in [0.15, 0.2) is 0 Å². The SMILES string of the molecule is COc1cccc(CCNC(=O)CC2CCN(C(=O)c3c(C)[nH]c4ccccc34)CC2)c1. The van der Waals surface area contributed by atoms with E-state index in [1.165, 1.54) is 0 Å². The molecule has 0 radical (unpaired) electrons. The van der Waals surface area contributed by atoms with Crippen molar-refractivity contribution in [3.63, 3.8) is 0 Å². The van der Waals surface area contributed by atoms with E-state index in [0.29, 0.717) is 32.0 Å². The summed E-state index contributed by atoms with van der Waals surface area (Å²) in [5.74, 6) is 1.32. The minimum atomic E-state index is 0.0844. The van der Waals surface area contributed by atoms with Crippen LogP contribution in [0.15, 0.2) is 48.5 Å². The number of carbonyl (C=O) groups is 2. The van der Waals surface area contributed by atoms with Crippen LogP contribution in [-0.2, 0) is 11.2 Å². The molecule has 3 aromatic rings. The Balaban J connectivity index is 1.24. The molecule has 6 nitrogen and oxygen atoms in total. The number of methoxy groups -OCH3 is 1. The summed E-state index contributed by atoms with van der Waals surface area (Å²) in [5, 5.41) is 4.01. The third-order valence-corrected chi connectivity index (χ3v) is 6.35. The first-order valence-electron chi connectivity index (χ1n) is 11.3. The number of aromatic amines is 1. The monoisotopic (exact) mass is 433 g/mol. The van der Waals surface area contributed by atoms with Crippen molar-refractivity contribution in [2.45, 2.75) is 32.6 Å². The first kappa shape index (κ1) is 21.9. The zero-order valence-electron chi connectivity index (χ0n) is 18.8. The molecule has 0 spiro atoms. The Morgan fingerprint density at radius 3 is 2.69 bits per heavy atom. The molecule has 0 atom stereocenters. The van der Waals surface area contributed by atoms with Crippen LogP contribution < -0.4 is 10.1 Å². The smallest absolute Gasteiger partial charge is 0.256 e. The van der Waals surface area contributed by atoms with E-state index in [9.17, 15) is 9.59 Å². The lowest BCUT2D eigenvalue weighted by atomic mass is 9.92. The number of hydrogen-bond donors (Lipinski definition) is 2. The molecule has 0 unspecified atom stereocenters. The van der Waals surface area contributed by atoms with Crippen LogP contribution in [0.3, 0.4) is 0 Å². The van der Waals surface area contributed by atoms with Crippen molar-refractivity contribution in [1.82, 2.24) is 15.2 Å². The fraction of sp³-hybridized carbons (Fsp3) is 0.385. The third-order valence-electron chi connectivity index (χ3n) is 6.35. The molecule has 2 N–H and O–H groups in total. The molecule has 32 heavy (non-hydrogen) atoms. The molecule has 1 aliphatic heterocycles. The van der Waals surface area contributed by atoms with Gasteiger partial charge in [0.2, 0.25) is 5.91 Å². The Hall–Kier alpha value is -3.28. The van der Waals surface area contributed by atoms with E-state index in [2.05, 4.69) is 10.3 Å². The van der Waals surface area contributed by atoms with Gasteiger partial charge in [-0.1, -0.05) is 30.3 Å². The fourth-order valence-electron chi connectivity index (χ4n) is 4.56. The van der Waals surface area contributed by atoms with Gasteiger partial charge in [-0.05, 0) is 55.9 Å². The number of amides is 2. The first-order chi connectivity index (χ1) is 15.5. The van der Waals surface area contributed by atoms with Crippen LogP contribution in [0.25, 0.3) is 10.9 Å². The lowest BCUT2D eigenvalue weighted by Crippen LogP contribution is -2.40. The maximum Gasteiger partial charge on any atom is 0.256 e. The van der Waals surface area contributed by atoms with Crippen LogP contribution in [0.5, 0.6) is 5.75 Å². The van der Waals surface area contributed by atoms with Gasteiger partial charge in [0.05, 0.1) is 12.7 Å². The maximum atomic E-state index is 13.2. The van der Waals surface area contributed by atoms with Crippen molar-refractivity contribution in [2.75, 3.05) is 26.7 Å². The molecule has 0 bridgehead atoms. The van der Waals surface area contributed by atoms with Crippen molar-refractivity contribution < 1.29 is 14.3 Å². The Kier molecular flexibility index (Phi) is 6.78. The molecule has 1 aromatic heterocycles. The fourth-order valence-corrected chi connectivity index (χ4v) is 4.56. The van der Waals surface area contributed by atoms with Gasteiger partial charge in [-0.3, -0.25) is 9.59 Å². The molecule has 1 fully saturated rings. The lowest BCUT2D eigenvalue weighted by Gasteiger charge is -2.32. The zero-order valence-corrected chi connectivity index (χ0v) is 18.8. The van der Waals surface area contributed by atoms with Crippen molar-refractivity contribution in [2.24, 2.45) is 5.92 Å². The molecule has 6 heteroatoms. The van der Waals surface area contributed by atoms with E-state index in [-0.39, 0.29) is 11.8 Å². The topological polar surface area (TPSA) is 74.4 Å². The zero-order chi connectivity index (χ0) is 22.5. The summed E-state index contributed by atoms with van der Waals surface area (Å²) < 4.78 is 5.24. The van der Waals surface area contributed by atoms with Gasteiger partial charge in [-0.15, -0.1) is 0 Å². The summed E-state index contributed by atoms with van der Waals surface area (Å²) in [6.45, 7) is 3.96. The number of piperidine rings is 1. The molecule has 0 saturated carbocycles. The predicted molar refractivity (Wildman–Crippen MR) is 126 cm³/mol. The number of likely N-dealkylation sites (tertiary alicyclic amines) is 1. The highest BCUT2D eigenvalue weighted by Gasteiger charge is 2.27. The average molecular weight is 434 g/mol. The summed E-state index contributed by atoms with van der Waals surface area (Å²) >= 11 is 0. The van der Waals surface area contributed by atoms with E-state index in [0.717, 1.165) is 52.7 Å². The number of H-pyrrole nitrogens is 1. The van der Waals surface area contributed by atoms with E-state index < -0.39 is 0 Å². The van der Waals surface area contributed by atoms with Crippen LogP contribution in [0.4, 0.5) is 0 Å². The second-order valence-corrected chi connectivity index (χ2v) is 8.56. The third kappa shape index (κ3) is 4.96. The van der Waals surface area contributed by atoms with E-state index in [1.54, 1.807) is 7.11 Å². The molecule has 168 valence electrons. The Bertz CT molecular complexity index is 1100. The van der Waals surface area contributed by atoms with Gasteiger partial charge in [0, 0.05) is 42.7 Å². The second-order valence-electron chi connectivity index (χ2n) is 8.56. The highest BCUT2D eigenvalue weighted by atomic mass is 16.5. The Labute approximate surface area is 188 Å². The molecular weight excluding hydrogens is 402 g/mol. The number of rotatable bonds is 7. The number of ether oxygens (including phenoxy) is 1. The van der Waals surface area contributed by atoms with E-state index in [4.69, 9.17) is 4.74 Å². The number of aryl methyl sites for hydroxylation is 1. The van der Waals surface area contributed by atoms with Gasteiger partial charge in [-0.2, -0.15) is 0 Å². The van der Waals surface area contributed by atoms with Crippen LogP contribution in [0.2, 0.25) is 0 Å². The van der Waals surface area contributed by atoms with Crippen LogP contribution in [0.1, 0.15) is 40.9 Å². The molecule has 2 heterocycles. The number of nitrogens with zero attached hydrogens (tertiary/aromatic N) is 1. The van der Waals surface area contributed by atoms with Gasteiger partial charge in [0.25, 0.3) is 5.91 Å². The largest absolute Gasteiger partial charge is 0.497 e. The normalized spacial score (nSPS) is 14.5. The van der Waals surface area contributed by atoms with Gasteiger partial charge in [-0.25, -0.2) is 0 Å². The van der Waals surface area contributed by atoms with Gasteiger partial charge < -0.3 is 19.9 Å². The van der Waals surface area contributed by atoms with Crippen LogP contribution in [-0.4, -0.2) is 48.4 Å². The quantitative estimate of drug-likeness (QED) is 0.589. The highest BCUT2D eigenvalue weighted by Crippen LogP contribution is 2.27. The van der Waals surface area contributed by atoms with Crippen molar-refractivity contribution in [3.05, 3.63) is 65.4 Å². The molecule has 0 aliphatic carbocycles. The van der Waals surface area contributed by atoms with Crippen molar-refractivity contribution in [3.8, 4) is 5.75 Å². The number of carbonyl (C=O) groups excluding carboxylic acids is 2. The highest BCUT2D eigenvalue weighted by molar-refractivity contribution is 6.08. The summed E-state index contributed by atoms with van der Waals surface area (Å²) in [6, 6.07) is 15.8. The molecule has 2 amide bonds. The molecular formula is C26H31N3O3. The number of fused-ring (bicyclic) bond motifs is 1. The van der Waals surface area contributed by atoms with Crippen LogP contribution >= 0.6 is 0 Å². The van der Waals surface area contributed by atoms with Crippen molar-refractivity contribution >= 4 is 22.7 Å². The Morgan fingerprint density at radius 2 is 1.91 bits per heavy atom. The summed E-state index contributed by atoms with van der Waals surface area (Å²) in [5.41, 5.74) is 3.82. The van der Waals surface area contributed by atoms with Crippen molar-refractivity contribution in [1.29, 1.82) is 0 Å². The first-order valence-corrected chi connectivity index (χ1v) is 11.3. The summed E-state index contributed by atoms with van der Waals surface area (Å²) in [6.07, 6.45) is 3.01. The second kappa shape index (κ2) is 9.90. The summed E-state index contributed by atoms with van der Waals surface area (Å²) in [4.78, 5) is 30.8. The summed E-state index contributed by atoms with van der Waals surface area (Å²) in [7, 11) is 1.65. The maximum absolute atomic E-state index is 13.2. The molecule has 1 aliphatic rings. The van der Waals surface area contributed by atoms with Gasteiger partial charge >= 0.3 is 0 Å². The molecule has 4 rings (SSSR count). The number of hydrogen-bond acceptors (Lipinski definition) is 3. The molecule has 2 aromatic carbocycles. The standard InChI is InChI=1S/C26H31N3O3/c1-18-25(22-8-3-4-9-23(22)28-18)26(31)29-14-11-20(12-15-29)17-24(30)27-13-10-19-6-5-7-21(16-19)32-2/h3-9,16,20,28H,10-15,17H2,1-2H3,(H,27,30). The lowest BCUT2D eigenvalue weighted by molar-refractivity contribution is -0.122. The number of benzene rings is 2. The van der Waals surface area contributed by atoms with Gasteiger partial charge in [0.1, 0.15) is 5.75 Å². The molecule has 1 saturated heterocycles. The Morgan fingerprint density at radius 1 is 1.12 bits per heavy atom. The van der Waals surface area contributed by atoms with E-state index in [1.807, 2.05) is 60.4 Å². The minimum absolute atomic E-state index is 0.0844. The average Bonchev–Trinajstić information content (AvgIpc) is 3.15. The predicted octanol–water partition coefficient (Wildman–Crippen LogP) is 4.09. The minimum Gasteiger partial charge on any atom is -0.497 e. The number of para-hydroxylation sites is 1. The number of nitrogens with one attached hydrogen (secondary N) is 2. The van der Waals surface area contributed by atoms with E-state index >= 15 is 0 Å².